The van der Waals surface area contributed by atoms with E-state index in [0.29, 0.717) is 57.2 Å². The van der Waals surface area contributed by atoms with E-state index >= 15 is 9.59 Å². The van der Waals surface area contributed by atoms with Crippen molar-refractivity contribution < 1.29 is 142 Å². The van der Waals surface area contributed by atoms with Gasteiger partial charge in [-0.2, -0.15) is 0 Å². The first-order chi connectivity index (χ1) is 62.8. The molecular formula is C86H119N17O29. The van der Waals surface area contributed by atoms with Crippen LogP contribution in [0.5, 0.6) is 0 Å². The number of unbranched alkanes of at least 4 members (excludes halogenated alkanes) is 3. The quantitative estimate of drug-likeness (QED) is 0.0225. The molecule has 4 aliphatic rings. The van der Waals surface area contributed by atoms with Gasteiger partial charge >= 0.3 is 53.7 Å². The van der Waals surface area contributed by atoms with E-state index in [-0.39, 0.29) is 77.0 Å². The summed E-state index contributed by atoms with van der Waals surface area (Å²) >= 11 is 0. The standard InChI is InChI=1S/C86H119N17O29/c1-54(87-2)79(122)90-77(57-22-11-5-12-23-57)83(126)102-37-17-25-60(102)81(124)91-78(76(55-18-7-3-8-19-55)56-20-9-4-10-21-56)82(125)89-59(24-14-16-36-101-46-58(92-93-101)47-103-68(108)33-34-69(103)109)80(123)88-35-15-6-13-26-64(104)94-38-40-95(65(105)30-27-61(84(127)128)98(48-70(110)111)49-71(112)113)42-44-97(67(107)32-29-63(86(131)132)100(52-74(118)119)53-75(120)121)45-43-96(41-39-94)66(106)31-28-62(85(129)130)99(50-72(114)115)51-73(116)117/h3-4,7-10,18-21,33-34,46,54,57,59-63,76-78,87H,5-6,11-17,22-32,35-45,47-53H2,1-2H3,(H,88,123)(H,89,125)(H,90,122)(H,91,124)(H,110,111)(H,112,113)(H,114,115)(H,116,117)(H,118,119)(H,120,121)(H,127,128)(H,129,130)(H,131,132)/t54-,59-,60-,61+,62+,63+,77-,78-/m0/s1. The van der Waals surface area contributed by atoms with E-state index in [1.54, 1.807) is 80.8 Å². The van der Waals surface area contributed by atoms with Crippen molar-refractivity contribution in [2.24, 2.45) is 5.92 Å². The normalized spacial score (nSPS) is 16.8. The Kier molecular flexibility index (Phi) is 42.6. The van der Waals surface area contributed by atoms with Crippen LogP contribution in [0.4, 0.5) is 0 Å². The highest BCUT2D eigenvalue weighted by Gasteiger charge is 2.45. The van der Waals surface area contributed by atoms with E-state index in [1.807, 2.05) is 0 Å². The maximum atomic E-state index is 15.7. The largest absolute Gasteiger partial charge is 0.480 e. The van der Waals surface area contributed by atoms with Gasteiger partial charge in [0.05, 0.1) is 58.1 Å². The topological polar surface area (TPSA) is 643 Å². The molecule has 0 bridgehead atoms. The van der Waals surface area contributed by atoms with Crippen molar-refractivity contribution in [3.8, 4) is 0 Å². The molecule has 1 saturated carbocycles. The minimum absolute atomic E-state index is 0.0209. The molecule has 3 fully saturated rings. The van der Waals surface area contributed by atoms with E-state index in [9.17, 15) is 132 Å². The summed E-state index contributed by atoms with van der Waals surface area (Å²) in [5.41, 5.74) is 1.49. The Bertz CT molecular complexity index is 4400. The molecule has 4 heterocycles. The van der Waals surface area contributed by atoms with Crippen LogP contribution >= 0.6 is 0 Å². The lowest BCUT2D eigenvalue weighted by Gasteiger charge is -2.36. The van der Waals surface area contributed by atoms with E-state index in [4.69, 9.17) is 0 Å². The van der Waals surface area contributed by atoms with Gasteiger partial charge in [0, 0.05) is 116 Å². The highest BCUT2D eigenvalue weighted by molar-refractivity contribution is 6.12. The third-order valence-electron chi connectivity index (χ3n) is 23.6. The number of nitrogens with one attached hydrogen (secondary N) is 5. The second-order valence-electron chi connectivity index (χ2n) is 32.9. The number of aromatic nitrogens is 3. The number of benzene rings is 2. The molecule has 3 aliphatic heterocycles. The molecule has 0 spiro atoms. The zero-order chi connectivity index (χ0) is 96.8. The maximum absolute atomic E-state index is 15.7. The van der Waals surface area contributed by atoms with Gasteiger partial charge in [0.25, 0.3) is 11.8 Å². The molecule has 722 valence electrons. The van der Waals surface area contributed by atoms with Crippen molar-refractivity contribution in [1.29, 1.82) is 0 Å². The summed E-state index contributed by atoms with van der Waals surface area (Å²) in [6.07, 6.45) is 4.82. The molecule has 46 nitrogen and oxygen atoms in total. The monoisotopic (exact) mass is 1850 g/mol. The lowest BCUT2D eigenvalue weighted by molar-refractivity contribution is -0.153. The Hall–Kier alpha value is -13.2. The number of amides is 11. The molecule has 46 heteroatoms. The highest BCUT2D eigenvalue weighted by Crippen LogP contribution is 2.33. The number of likely N-dealkylation sites (tertiary alicyclic amines) is 1. The molecule has 1 aliphatic carbocycles. The predicted octanol–water partition coefficient (Wildman–Crippen LogP) is -1.54. The molecule has 14 N–H and O–H groups in total. The molecule has 132 heavy (non-hydrogen) atoms. The number of carboxylic acids is 9. The highest BCUT2D eigenvalue weighted by atomic mass is 16.4. The van der Waals surface area contributed by atoms with Crippen molar-refractivity contribution in [2.75, 3.05) is 112 Å². The number of hydrogen-bond acceptors (Lipinski definition) is 26. The van der Waals surface area contributed by atoms with Crippen LogP contribution in [-0.2, 0) is 109 Å². The molecule has 0 radical (unpaired) electrons. The number of aliphatic carboxylic acids is 9. The summed E-state index contributed by atoms with van der Waals surface area (Å²) in [5, 5.41) is 111. The number of carbonyl (C=O) groups is 20. The van der Waals surface area contributed by atoms with E-state index in [2.05, 4.69) is 36.9 Å². The fourth-order valence-electron chi connectivity index (χ4n) is 16.6. The summed E-state index contributed by atoms with van der Waals surface area (Å²) in [7, 11) is 1.62. The minimum Gasteiger partial charge on any atom is -0.480 e. The van der Waals surface area contributed by atoms with Gasteiger partial charge in [-0.15, -0.1) is 5.10 Å². The molecule has 2 aromatic carbocycles. The minimum atomic E-state index is -1.91. The lowest BCUT2D eigenvalue weighted by atomic mass is 9.83. The Labute approximate surface area is 759 Å². The summed E-state index contributed by atoms with van der Waals surface area (Å²) < 4.78 is 1.48. The molecule has 2 saturated heterocycles. The summed E-state index contributed by atoms with van der Waals surface area (Å²) in [5.74, 6) is -23.3. The van der Waals surface area contributed by atoms with Crippen LogP contribution in [0.1, 0.15) is 158 Å². The Morgan fingerprint density at radius 1 is 0.455 bits per heavy atom. The van der Waals surface area contributed by atoms with Crippen molar-refractivity contribution >= 4 is 119 Å². The maximum Gasteiger partial charge on any atom is 0.320 e. The van der Waals surface area contributed by atoms with Crippen molar-refractivity contribution in [2.45, 2.75) is 203 Å². The number of aryl methyl sites for hydroxylation is 1. The lowest BCUT2D eigenvalue weighted by Crippen LogP contribution is -2.60. The van der Waals surface area contributed by atoms with Crippen LogP contribution in [-0.4, -0.2) is 384 Å². The first-order valence-electron chi connectivity index (χ1n) is 43.9. The van der Waals surface area contributed by atoms with Crippen LogP contribution in [0.25, 0.3) is 0 Å². The zero-order valence-electron chi connectivity index (χ0n) is 73.7. The van der Waals surface area contributed by atoms with Crippen LogP contribution in [0.15, 0.2) is 79.0 Å². The number of rotatable bonds is 53. The third kappa shape index (κ3) is 33.6. The molecule has 0 unspecified atom stereocenters. The first-order valence-corrected chi connectivity index (χ1v) is 43.9. The van der Waals surface area contributed by atoms with Crippen LogP contribution in [0.3, 0.4) is 0 Å². The summed E-state index contributed by atoms with van der Waals surface area (Å²) in [6, 6.07) is 6.54. The number of hydrogen-bond donors (Lipinski definition) is 14. The van der Waals surface area contributed by atoms with Gasteiger partial charge < -0.3 is 97.0 Å². The van der Waals surface area contributed by atoms with Crippen molar-refractivity contribution in [1.82, 2.24) is 85.7 Å². The second-order valence-corrected chi connectivity index (χ2v) is 32.9. The number of carbonyl (C=O) groups excluding carboxylic acids is 11. The SMILES string of the molecule is CN[C@@H](C)C(=O)N[C@H](C(=O)N1CCC[C@H]1C(=O)N[C@H](C(=O)N[C@@H](CCCCn1cc(CN2C(=O)C=CC2=O)nn1)C(=O)NCCCCCC(=O)N1CCN(C(=O)CC[C@H](C(=O)O)N(CC(=O)O)CC(=O)O)CCN(C(=O)CC[C@H](C(=O)O)N(CC(=O)O)CC(=O)O)CCN(C(=O)CC[C@H](C(=O)O)N(CC(=O)O)CC(=O)O)CC1)C(c1ccccc1)c1ccccc1)C1CCCCC1. The molecule has 11 amide bonds. The van der Waals surface area contributed by atoms with Gasteiger partial charge in [0.15, 0.2) is 0 Å². The zero-order valence-corrected chi connectivity index (χ0v) is 73.7. The fourth-order valence-corrected chi connectivity index (χ4v) is 16.6. The smallest absolute Gasteiger partial charge is 0.320 e. The Balaban J connectivity index is 1.16. The average molecular weight is 1850 g/mol. The average Bonchev–Trinajstić information content (AvgIpc) is 1.44. The Morgan fingerprint density at radius 2 is 0.879 bits per heavy atom. The summed E-state index contributed by atoms with van der Waals surface area (Å²) in [4.78, 5) is 276. The van der Waals surface area contributed by atoms with Crippen molar-refractivity contribution in [3.05, 3.63) is 95.8 Å². The van der Waals surface area contributed by atoms with E-state index in [1.165, 1.54) is 14.5 Å². The van der Waals surface area contributed by atoms with Crippen LogP contribution in [0, 0.1) is 5.92 Å². The number of imide groups is 1. The Morgan fingerprint density at radius 3 is 1.29 bits per heavy atom. The number of nitrogens with zero attached hydrogens (tertiary/aromatic N) is 12. The van der Waals surface area contributed by atoms with Gasteiger partial charge in [-0.3, -0.25) is 120 Å². The van der Waals surface area contributed by atoms with Gasteiger partial charge in [0.2, 0.25) is 53.2 Å². The molecule has 1 aromatic heterocycles. The third-order valence-corrected chi connectivity index (χ3v) is 23.6. The van der Waals surface area contributed by atoms with Gasteiger partial charge in [-0.25, -0.2) is 0 Å². The molecule has 3 aromatic rings. The molecule has 7 rings (SSSR count). The fraction of sp³-hybridized carbons (Fsp3) is 0.581. The molecule has 8 atom stereocenters. The molecular weight excluding hydrogens is 1740 g/mol. The van der Waals surface area contributed by atoms with Gasteiger partial charge in [0.1, 0.15) is 48.0 Å². The van der Waals surface area contributed by atoms with E-state index in [0.717, 1.165) is 51.0 Å². The first kappa shape index (κ1) is 106. The predicted molar refractivity (Wildman–Crippen MR) is 459 cm³/mol. The van der Waals surface area contributed by atoms with Crippen LogP contribution in [0.2, 0.25) is 0 Å². The van der Waals surface area contributed by atoms with E-state index < -0.39 is 303 Å². The second kappa shape index (κ2) is 53.2. The van der Waals surface area contributed by atoms with Gasteiger partial charge in [-0.05, 0) is 108 Å². The van der Waals surface area contributed by atoms with Crippen molar-refractivity contribution in [3.63, 3.8) is 0 Å². The van der Waals surface area contributed by atoms with Crippen LogP contribution < -0.4 is 26.6 Å². The number of likely N-dealkylation sites (N-methyl/N-ethyl adjacent to an activating group) is 1. The number of carboxylic acid groups (broad SMARTS) is 9. The van der Waals surface area contributed by atoms with Gasteiger partial charge in [-0.1, -0.05) is 91.6 Å². The summed E-state index contributed by atoms with van der Waals surface area (Å²) in [6.45, 7) is -8.48.